The van der Waals surface area contributed by atoms with Gasteiger partial charge in [-0.05, 0) is 41.9 Å². The molecule has 1 saturated carbocycles. The molecule has 100 valence electrons. The third-order valence-electron chi connectivity index (χ3n) is 3.80. The Hall–Kier alpha value is -1.18. The van der Waals surface area contributed by atoms with Gasteiger partial charge in [0.1, 0.15) is 5.75 Å². The topological polar surface area (TPSA) is 21.3 Å². The Morgan fingerprint density at radius 3 is 2.39 bits per heavy atom. The van der Waals surface area contributed by atoms with E-state index in [-0.39, 0.29) is 5.41 Å². The van der Waals surface area contributed by atoms with Crippen LogP contribution in [-0.2, 0) is 5.41 Å². The van der Waals surface area contributed by atoms with Gasteiger partial charge in [-0.25, -0.2) is 0 Å². The van der Waals surface area contributed by atoms with Crippen molar-refractivity contribution >= 4 is 5.69 Å². The van der Waals surface area contributed by atoms with Gasteiger partial charge in [0, 0.05) is 6.04 Å². The highest BCUT2D eigenvalue weighted by Crippen LogP contribution is 2.35. The highest BCUT2D eigenvalue weighted by molar-refractivity contribution is 5.59. The summed E-state index contributed by atoms with van der Waals surface area (Å²) in [5, 5.41) is 3.62. The lowest BCUT2D eigenvalue weighted by atomic mass is 9.81. The molecule has 0 heterocycles. The van der Waals surface area contributed by atoms with Crippen molar-refractivity contribution in [1.29, 1.82) is 0 Å². The minimum atomic E-state index is 0.176. The van der Waals surface area contributed by atoms with Gasteiger partial charge < -0.3 is 10.1 Å². The maximum Gasteiger partial charge on any atom is 0.141 e. The standard InChI is InChI=1S/C16H25NO/c1-11-8-13(9-11)17-14-10-12(16(2,3)4)6-7-15(14)18-5/h6-7,10-11,13,17H,8-9H2,1-5H3. The number of anilines is 1. The molecule has 0 spiro atoms. The monoisotopic (exact) mass is 247 g/mol. The van der Waals surface area contributed by atoms with Crippen LogP contribution in [0.15, 0.2) is 18.2 Å². The van der Waals surface area contributed by atoms with Gasteiger partial charge in [-0.2, -0.15) is 0 Å². The molecular weight excluding hydrogens is 222 g/mol. The Bertz CT molecular complexity index is 414. The maximum atomic E-state index is 5.45. The molecule has 0 atom stereocenters. The third kappa shape index (κ3) is 2.80. The van der Waals surface area contributed by atoms with E-state index in [1.54, 1.807) is 7.11 Å². The summed E-state index contributed by atoms with van der Waals surface area (Å²) >= 11 is 0. The van der Waals surface area contributed by atoms with Crippen LogP contribution in [0.4, 0.5) is 5.69 Å². The molecule has 2 nitrogen and oxygen atoms in total. The maximum absolute atomic E-state index is 5.45. The molecule has 0 saturated heterocycles. The quantitative estimate of drug-likeness (QED) is 0.864. The van der Waals surface area contributed by atoms with Gasteiger partial charge >= 0.3 is 0 Å². The molecule has 0 aliphatic heterocycles. The lowest BCUT2D eigenvalue weighted by molar-refractivity contribution is 0.308. The highest BCUT2D eigenvalue weighted by atomic mass is 16.5. The summed E-state index contributed by atoms with van der Waals surface area (Å²) in [5.74, 6) is 1.81. The van der Waals surface area contributed by atoms with E-state index in [1.165, 1.54) is 18.4 Å². The van der Waals surface area contributed by atoms with Crippen molar-refractivity contribution in [2.75, 3.05) is 12.4 Å². The fraction of sp³-hybridized carbons (Fsp3) is 0.625. The zero-order chi connectivity index (χ0) is 13.3. The Morgan fingerprint density at radius 2 is 1.89 bits per heavy atom. The van der Waals surface area contributed by atoms with Crippen LogP contribution in [0.25, 0.3) is 0 Å². The third-order valence-corrected chi connectivity index (χ3v) is 3.80. The van der Waals surface area contributed by atoms with E-state index in [0.717, 1.165) is 17.4 Å². The summed E-state index contributed by atoms with van der Waals surface area (Å²) in [6.45, 7) is 9.03. The Labute approximate surface area is 111 Å². The van der Waals surface area contributed by atoms with E-state index in [2.05, 4.69) is 51.2 Å². The number of rotatable bonds is 3. The van der Waals surface area contributed by atoms with E-state index in [4.69, 9.17) is 4.74 Å². The molecular formula is C16H25NO. The highest BCUT2D eigenvalue weighted by Gasteiger charge is 2.26. The van der Waals surface area contributed by atoms with Crippen molar-refractivity contribution in [3.63, 3.8) is 0 Å². The molecule has 0 aromatic heterocycles. The van der Waals surface area contributed by atoms with E-state index >= 15 is 0 Å². The number of nitrogens with one attached hydrogen (secondary N) is 1. The van der Waals surface area contributed by atoms with Crippen molar-refractivity contribution in [1.82, 2.24) is 0 Å². The van der Waals surface area contributed by atoms with Crippen LogP contribution in [0.1, 0.15) is 46.1 Å². The Kier molecular flexibility index (Phi) is 3.56. The van der Waals surface area contributed by atoms with Crippen LogP contribution >= 0.6 is 0 Å². The number of methoxy groups -OCH3 is 1. The number of hydrogen-bond donors (Lipinski definition) is 1. The molecule has 1 N–H and O–H groups in total. The summed E-state index contributed by atoms with van der Waals surface area (Å²) in [5.41, 5.74) is 2.66. The molecule has 2 heteroatoms. The largest absolute Gasteiger partial charge is 0.495 e. The first kappa shape index (κ1) is 13.3. The molecule has 2 rings (SSSR count). The molecule has 0 bridgehead atoms. The number of hydrogen-bond acceptors (Lipinski definition) is 2. The van der Waals surface area contributed by atoms with E-state index in [0.29, 0.717) is 6.04 Å². The molecule has 1 aromatic carbocycles. The number of benzene rings is 1. The second-order valence-electron chi connectivity index (χ2n) is 6.58. The molecule has 0 amide bonds. The summed E-state index contributed by atoms with van der Waals surface area (Å²) in [7, 11) is 1.74. The Morgan fingerprint density at radius 1 is 1.22 bits per heavy atom. The van der Waals surface area contributed by atoms with Crippen molar-refractivity contribution in [3.05, 3.63) is 23.8 Å². The van der Waals surface area contributed by atoms with Crippen LogP contribution in [0.5, 0.6) is 5.75 Å². The van der Waals surface area contributed by atoms with Crippen LogP contribution in [0, 0.1) is 5.92 Å². The summed E-state index contributed by atoms with van der Waals surface area (Å²) in [6.07, 6.45) is 2.53. The van der Waals surface area contributed by atoms with Crippen molar-refractivity contribution < 1.29 is 4.74 Å². The first-order chi connectivity index (χ1) is 8.40. The molecule has 18 heavy (non-hydrogen) atoms. The number of ether oxygens (including phenoxy) is 1. The summed E-state index contributed by atoms with van der Waals surface area (Å²) in [6, 6.07) is 7.09. The zero-order valence-corrected chi connectivity index (χ0v) is 12.2. The normalized spacial score (nSPS) is 23.4. The first-order valence-electron chi connectivity index (χ1n) is 6.85. The van der Waals surface area contributed by atoms with E-state index < -0.39 is 0 Å². The van der Waals surface area contributed by atoms with Crippen LogP contribution in [0.3, 0.4) is 0 Å². The SMILES string of the molecule is COc1ccc(C(C)(C)C)cc1NC1CC(C)C1. The molecule has 1 aliphatic carbocycles. The lowest BCUT2D eigenvalue weighted by Crippen LogP contribution is -2.34. The summed E-state index contributed by atoms with van der Waals surface area (Å²) in [4.78, 5) is 0. The average molecular weight is 247 g/mol. The molecule has 1 aliphatic rings. The van der Waals surface area contributed by atoms with Crippen LogP contribution in [-0.4, -0.2) is 13.2 Å². The minimum absolute atomic E-state index is 0.176. The second-order valence-corrected chi connectivity index (χ2v) is 6.58. The van der Waals surface area contributed by atoms with Gasteiger partial charge in [-0.3, -0.25) is 0 Å². The first-order valence-corrected chi connectivity index (χ1v) is 6.85. The van der Waals surface area contributed by atoms with Gasteiger partial charge in [0.05, 0.1) is 12.8 Å². The van der Waals surface area contributed by atoms with Crippen LogP contribution in [0.2, 0.25) is 0 Å². The van der Waals surface area contributed by atoms with Gasteiger partial charge in [0.25, 0.3) is 0 Å². The van der Waals surface area contributed by atoms with Gasteiger partial charge in [0.15, 0.2) is 0 Å². The minimum Gasteiger partial charge on any atom is -0.495 e. The molecule has 0 radical (unpaired) electrons. The van der Waals surface area contributed by atoms with Crippen molar-refractivity contribution in [3.8, 4) is 5.75 Å². The van der Waals surface area contributed by atoms with Crippen molar-refractivity contribution in [2.45, 2.75) is 52.0 Å². The zero-order valence-electron chi connectivity index (χ0n) is 12.2. The second kappa shape index (κ2) is 4.83. The fourth-order valence-corrected chi connectivity index (χ4v) is 2.53. The van der Waals surface area contributed by atoms with E-state index in [9.17, 15) is 0 Å². The molecule has 1 aromatic rings. The molecule has 1 fully saturated rings. The molecule has 0 unspecified atom stereocenters. The predicted octanol–water partition coefficient (Wildman–Crippen LogP) is 4.20. The van der Waals surface area contributed by atoms with Gasteiger partial charge in [0.2, 0.25) is 0 Å². The predicted molar refractivity (Wildman–Crippen MR) is 77.5 cm³/mol. The lowest BCUT2D eigenvalue weighted by Gasteiger charge is -2.35. The van der Waals surface area contributed by atoms with Crippen LogP contribution < -0.4 is 10.1 Å². The Balaban J connectivity index is 2.20. The van der Waals surface area contributed by atoms with Gasteiger partial charge in [-0.15, -0.1) is 0 Å². The van der Waals surface area contributed by atoms with Crippen molar-refractivity contribution in [2.24, 2.45) is 5.92 Å². The summed E-state index contributed by atoms with van der Waals surface area (Å²) < 4.78 is 5.45. The van der Waals surface area contributed by atoms with E-state index in [1.807, 2.05) is 0 Å². The smallest absolute Gasteiger partial charge is 0.141 e. The average Bonchev–Trinajstić information content (AvgIpc) is 2.25. The van der Waals surface area contributed by atoms with Gasteiger partial charge in [-0.1, -0.05) is 33.8 Å². The fourth-order valence-electron chi connectivity index (χ4n) is 2.53.